The zero-order chi connectivity index (χ0) is 24.0. The van der Waals surface area contributed by atoms with E-state index in [1.165, 1.54) is 22.0 Å². The number of carbonyl (C=O) groups excluding carboxylic acids is 1. The van der Waals surface area contributed by atoms with Gasteiger partial charge in [-0.25, -0.2) is 9.10 Å². The Hall–Kier alpha value is -2.47. The maximum atomic E-state index is 13.5. The number of aryl methyl sites for hydroxylation is 3. The molecule has 2 aliphatic carbocycles. The first-order valence-electron chi connectivity index (χ1n) is 12.0. The highest BCUT2D eigenvalue weighted by atomic mass is 32.2. The first kappa shape index (κ1) is 23.3. The third kappa shape index (κ3) is 4.21. The van der Waals surface area contributed by atoms with Gasteiger partial charge in [0.2, 0.25) is 0 Å². The number of benzene rings is 1. The van der Waals surface area contributed by atoms with Gasteiger partial charge in [-0.05, 0) is 86.7 Å². The first-order valence-corrected chi connectivity index (χ1v) is 13.4. The van der Waals surface area contributed by atoms with Crippen LogP contribution >= 0.6 is 0 Å². The number of rotatable bonds is 6. The molecule has 0 radical (unpaired) electrons. The van der Waals surface area contributed by atoms with Crippen LogP contribution in [0.2, 0.25) is 0 Å². The van der Waals surface area contributed by atoms with E-state index in [1.807, 2.05) is 7.05 Å². The van der Waals surface area contributed by atoms with E-state index < -0.39 is 20.7 Å². The molecular formula is C23H32N6O4S. The summed E-state index contributed by atoms with van der Waals surface area (Å²) in [4.78, 5) is 15.2. The fraction of sp³-hybridized carbons (Fsp3) is 0.565. The van der Waals surface area contributed by atoms with E-state index in [4.69, 9.17) is 0 Å². The first-order chi connectivity index (χ1) is 16.2. The molecule has 1 aromatic heterocycles. The Labute approximate surface area is 200 Å². The summed E-state index contributed by atoms with van der Waals surface area (Å²) in [5.74, 6) is 0.0662. The molecule has 0 bridgehead atoms. The van der Waals surface area contributed by atoms with E-state index in [0.29, 0.717) is 11.4 Å². The summed E-state index contributed by atoms with van der Waals surface area (Å²) >= 11 is 0. The molecule has 34 heavy (non-hydrogen) atoms. The van der Waals surface area contributed by atoms with Crippen LogP contribution in [-0.4, -0.2) is 55.8 Å². The Bertz CT molecular complexity index is 1180. The number of likely N-dealkylation sites (tertiary alicyclic amines) is 1. The van der Waals surface area contributed by atoms with Crippen molar-refractivity contribution in [1.82, 2.24) is 14.7 Å². The van der Waals surface area contributed by atoms with Gasteiger partial charge in [-0.15, -0.1) is 0 Å². The second-order valence-corrected chi connectivity index (χ2v) is 11.6. The Kier molecular flexibility index (Phi) is 6.13. The van der Waals surface area contributed by atoms with Crippen LogP contribution in [0.15, 0.2) is 18.5 Å². The maximum absolute atomic E-state index is 13.5. The largest absolute Gasteiger partial charge is 0.608 e. The average molecular weight is 489 g/mol. The van der Waals surface area contributed by atoms with Gasteiger partial charge >= 0.3 is 16.2 Å². The van der Waals surface area contributed by atoms with Crippen molar-refractivity contribution in [1.29, 1.82) is 0 Å². The highest BCUT2D eigenvalue weighted by Gasteiger charge is 2.38. The molecule has 1 saturated heterocycles. The zero-order valence-corrected chi connectivity index (χ0v) is 20.5. The molecule has 10 nitrogen and oxygen atoms in total. The van der Waals surface area contributed by atoms with Crippen LogP contribution in [0.3, 0.4) is 0 Å². The Morgan fingerprint density at radius 2 is 1.88 bits per heavy atom. The normalized spacial score (nSPS) is 20.9. The quantitative estimate of drug-likeness (QED) is 0.587. The summed E-state index contributed by atoms with van der Waals surface area (Å²) in [7, 11) is -0.915. The number of fused-ring (bicyclic) bond motifs is 2. The molecule has 2 amide bonds. The van der Waals surface area contributed by atoms with Gasteiger partial charge in [-0.1, -0.05) is 6.07 Å². The molecule has 0 saturated carbocycles. The third-order valence-corrected chi connectivity index (χ3v) is 8.91. The monoisotopic (exact) mass is 488 g/mol. The number of nitrogens with zero attached hydrogens (tertiary/aromatic N) is 4. The maximum Gasteiger partial charge on any atom is 0.436 e. The second-order valence-electron chi connectivity index (χ2n) is 9.80. The van der Waals surface area contributed by atoms with Crippen molar-refractivity contribution in [3.8, 4) is 0 Å². The van der Waals surface area contributed by atoms with Gasteiger partial charge in [0.1, 0.15) is 0 Å². The van der Waals surface area contributed by atoms with Crippen molar-refractivity contribution in [3.63, 3.8) is 0 Å². The number of anilines is 2. The lowest BCUT2D eigenvalue weighted by Gasteiger charge is -2.29. The fourth-order valence-corrected chi connectivity index (χ4v) is 6.90. The number of quaternary nitrogens is 1. The summed E-state index contributed by atoms with van der Waals surface area (Å²) in [5.41, 5.74) is 5.47. The number of hydrogen-bond acceptors (Lipinski definition) is 6. The van der Waals surface area contributed by atoms with Crippen molar-refractivity contribution in [2.45, 2.75) is 44.9 Å². The Morgan fingerprint density at radius 1 is 1.21 bits per heavy atom. The van der Waals surface area contributed by atoms with Gasteiger partial charge in [0.05, 0.1) is 17.6 Å². The van der Waals surface area contributed by atoms with E-state index in [2.05, 4.69) is 21.4 Å². The summed E-state index contributed by atoms with van der Waals surface area (Å²) in [6.07, 6.45) is 9.34. The lowest BCUT2D eigenvalue weighted by molar-refractivity contribution is -0.604. The summed E-state index contributed by atoms with van der Waals surface area (Å²) < 4.78 is 28.1. The van der Waals surface area contributed by atoms with Crippen LogP contribution in [0.4, 0.5) is 16.2 Å². The van der Waals surface area contributed by atoms with Gasteiger partial charge in [-0.2, -0.15) is 18.0 Å². The number of hydroxylamine groups is 1. The Balaban J connectivity index is 1.42. The molecular weight excluding hydrogens is 456 g/mol. The number of aromatic nitrogens is 2. The van der Waals surface area contributed by atoms with Crippen LogP contribution in [0, 0.1) is 11.1 Å². The molecule has 2 atom stereocenters. The van der Waals surface area contributed by atoms with Crippen molar-refractivity contribution < 1.29 is 17.7 Å². The molecule has 184 valence electrons. The highest BCUT2D eigenvalue weighted by Crippen LogP contribution is 2.38. The fourth-order valence-electron chi connectivity index (χ4n) is 5.64. The van der Waals surface area contributed by atoms with Crippen molar-refractivity contribution in [2.24, 2.45) is 13.0 Å². The smallest absolute Gasteiger partial charge is 0.436 e. The van der Waals surface area contributed by atoms with Gasteiger partial charge < -0.3 is 10.1 Å². The molecule has 2 unspecified atom stereocenters. The van der Waals surface area contributed by atoms with E-state index in [-0.39, 0.29) is 12.5 Å². The van der Waals surface area contributed by atoms with Crippen molar-refractivity contribution >= 4 is 27.6 Å². The molecule has 0 spiro atoms. The molecule has 2 N–H and O–H groups in total. The number of amides is 2. The number of carbonyl (C=O) groups is 1. The van der Waals surface area contributed by atoms with Gasteiger partial charge in [0.15, 0.2) is 0 Å². The molecule has 5 rings (SSSR count). The summed E-state index contributed by atoms with van der Waals surface area (Å²) in [5, 5.41) is 20.0. The summed E-state index contributed by atoms with van der Waals surface area (Å²) in [6.45, 7) is 1.73. The molecule has 3 aliphatic rings. The van der Waals surface area contributed by atoms with E-state index in [1.54, 1.807) is 13.2 Å². The van der Waals surface area contributed by atoms with Crippen LogP contribution < -0.4 is 14.1 Å². The number of hydrogen-bond donors (Lipinski definition) is 2. The SMILES string of the molecule is CN1CCC(CN(c2cnn(C)c2)S(=O)(=O)[NH+]([O-])C(=O)Nc2c3c(cc4c2CCC4)CCC3)C1. The molecule has 11 heteroatoms. The second kappa shape index (κ2) is 8.95. The minimum Gasteiger partial charge on any atom is -0.608 e. The van der Waals surface area contributed by atoms with E-state index in [0.717, 1.165) is 73.5 Å². The zero-order valence-electron chi connectivity index (χ0n) is 19.7. The number of urea groups is 1. The van der Waals surface area contributed by atoms with Gasteiger partial charge in [0, 0.05) is 26.3 Å². The third-order valence-electron chi connectivity index (χ3n) is 7.31. The van der Waals surface area contributed by atoms with Crippen LogP contribution in [0.1, 0.15) is 41.5 Å². The van der Waals surface area contributed by atoms with Crippen molar-refractivity contribution in [2.75, 3.05) is 36.3 Å². The topological polar surface area (TPSA) is 115 Å². The van der Waals surface area contributed by atoms with Crippen molar-refractivity contribution in [3.05, 3.63) is 45.9 Å². The summed E-state index contributed by atoms with van der Waals surface area (Å²) in [6, 6.07) is 1.13. The highest BCUT2D eigenvalue weighted by molar-refractivity contribution is 7.86. The average Bonchev–Trinajstić information content (AvgIpc) is 3.59. The van der Waals surface area contributed by atoms with Crippen LogP contribution in [-0.2, 0) is 42.9 Å². The minimum absolute atomic E-state index is 0.0662. The Morgan fingerprint density at radius 3 is 2.44 bits per heavy atom. The predicted molar refractivity (Wildman–Crippen MR) is 129 cm³/mol. The number of nitrogens with one attached hydrogen (secondary N) is 2. The predicted octanol–water partition coefficient (Wildman–Crippen LogP) is 1.02. The molecule has 2 aromatic rings. The molecule has 1 fully saturated rings. The minimum atomic E-state index is -4.58. The lowest BCUT2D eigenvalue weighted by atomic mass is 9.99. The van der Waals surface area contributed by atoms with Crippen LogP contribution in [0.5, 0.6) is 0 Å². The van der Waals surface area contributed by atoms with Crippen LogP contribution in [0.25, 0.3) is 0 Å². The molecule has 1 aliphatic heterocycles. The van der Waals surface area contributed by atoms with Gasteiger partial charge in [0.25, 0.3) is 0 Å². The van der Waals surface area contributed by atoms with Gasteiger partial charge in [-0.3, -0.25) is 10.00 Å². The van der Waals surface area contributed by atoms with E-state index in [9.17, 15) is 18.4 Å². The van der Waals surface area contributed by atoms with E-state index >= 15 is 0 Å². The molecule has 1 aromatic carbocycles. The molecule has 2 heterocycles. The lowest BCUT2D eigenvalue weighted by Crippen LogP contribution is -3.14. The standard InChI is InChI=1S/C23H32N6O4S/c1-26-10-9-16(13-26)14-28(19-12-24-27(2)15-19)34(32,33)29(31)23(30)25-22-20-7-3-5-17(20)11-18-6-4-8-21(18)22/h11-12,15-16,29H,3-10,13-14H2,1-2H3,(H,25,30).